The average Bonchev–Trinajstić information content (AvgIpc) is 2.30. The summed E-state index contributed by atoms with van der Waals surface area (Å²) < 4.78 is 23.7. The van der Waals surface area contributed by atoms with E-state index in [4.69, 9.17) is 9.47 Å². The molecule has 1 N–H and O–H groups in total. The van der Waals surface area contributed by atoms with Gasteiger partial charge >= 0.3 is 0 Å². The van der Waals surface area contributed by atoms with Crippen LogP contribution in [0.4, 0.5) is 4.39 Å². The van der Waals surface area contributed by atoms with E-state index >= 15 is 0 Å². The summed E-state index contributed by atoms with van der Waals surface area (Å²) in [5.74, 6) is 0.433. The van der Waals surface area contributed by atoms with Crippen LogP contribution in [0.3, 0.4) is 0 Å². The standard InChI is InChI=1S/C12H16FNO2/c1-9-6-14-11(7-15-9)8-16-12-4-2-10(13)3-5-12/h2-5,9,11,14H,6-8H2,1H3. The first-order valence-corrected chi connectivity index (χ1v) is 5.47. The third-order valence-electron chi connectivity index (χ3n) is 2.54. The first kappa shape index (κ1) is 11.4. The zero-order valence-corrected chi connectivity index (χ0v) is 9.28. The highest BCUT2D eigenvalue weighted by Gasteiger charge is 2.17. The van der Waals surface area contributed by atoms with Gasteiger partial charge in [-0.05, 0) is 31.2 Å². The highest BCUT2D eigenvalue weighted by molar-refractivity contribution is 5.22. The minimum atomic E-state index is -0.250. The molecule has 0 amide bonds. The van der Waals surface area contributed by atoms with Gasteiger partial charge in [-0.25, -0.2) is 4.39 Å². The lowest BCUT2D eigenvalue weighted by Gasteiger charge is -2.28. The Morgan fingerprint density at radius 2 is 2.19 bits per heavy atom. The Balaban J connectivity index is 1.77. The van der Waals surface area contributed by atoms with Crippen LogP contribution in [0.1, 0.15) is 6.92 Å². The fourth-order valence-electron chi connectivity index (χ4n) is 1.57. The number of morpholine rings is 1. The Bertz CT molecular complexity index is 320. The van der Waals surface area contributed by atoms with Gasteiger partial charge in [0.05, 0.1) is 18.8 Å². The Labute approximate surface area is 94.6 Å². The van der Waals surface area contributed by atoms with Gasteiger partial charge in [-0.2, -0.15) is 0 Å². The summed E-state index contributed by atoms with van der Waals surface area (Å²) >= 11 is 0. The van der Waals surface area contributed by atoms with E-state index in [9.17, 15) is 4.39 Å². The van der Waals surface area contributed by atoms with Crippen LogP contribution in [0, 0.1) is 5.82 Å². The molecule has 0 radical (unpaired) electrons. The molecule has 1 aromatic rings. The van der Waals surface area contributed by atoms with E-state index in [1.807, 2.05) is 6.92 Å². The highest BCUT2D eigenvalue weighted by Crippen LogP contribution is 2.11. The van der Waals surface area contributed by atoms with Crippen molar-refractivity contribution >= 4 is 0 Å². The molecular formula is C12H16FNO2. The molecule has 2 atom stereocenters. The average molecular weight is 225 g/mol. The van der Waals surface area contributed by atoms with E-state index in [1.165, 1.54) is 12.1 Å². The molecule has 2 rings (SSSR count). The fraction of sp³-hybridized carbons (Fsp3) is 0.500. The molecule has 1 heterocycles. The number of hydrogen-bond acceptors (Lipinski definition) is 3. The Morgan fingerprint density at radius 3 is 2.81 bits per heavy atom. The second-order valence-electron chi connectivity index (χ2n) is 4.01. The summed E-state index contributed by atoms with van der Waals surface area (Å²) in [6, 6.07) is 6.24. The van der Waals surface area contributed by atoms with Gasteiger partial charge in [0.2, 0.25) is 0 Å². The van der Waals surface area contributed by atoms with Crippen molar-refractivity contribution in [3.63, 3.8) is 0 Å². The van der Waals surface area contributed by atoms with Gasteiger partial charge in [-0.15, -0.1) is 0 Å². The van der Waals surface area contributed by atoms with Crippen LogP contribution in [0.15, 0.2) is 24.3 Å². The zero-order valence-electron chi connectivity index (χ0n) is 9.28. The summed E-state index contributed by atoms with van der Waals surface area (Å²) in [5.41, 5.74) is 0. The van der Waals surface area contributed by atoms with Gasteiger partial charge in [0.15, 0.2) is 0 Å². The molecule has 0 saturated carbocycles. The topological polar surface area (TPSA) is 30.5 Å². The SMILES string of the molecule is CC1CNC(COc2ccc(F)cc2)CO1. The lowest BCUT2D eigenvalue weighted by molar-refractivity contribution is 0.00456. The fourth-order valence-corrected chi connectivity index (χ4v) is 1.57. The van der Waals surface area contributed by atoms with Crippen LogP contribution < -0.4 is 10.1 Å². The lowest BCUT2D eigenvalue weighted by atomic mass is 10.2. The molecule has 0 spiro atoms. The summed E-state index contributed by atoms with van der Waals surface area (Å²) in [6.07, 6.45) is 0.266. The molecule has 1 aliphatic rings. The first-order valence-electron chi connectivity index (χ1n) is 5.47. The minimum Gasteiger partial charge on any atom is -0.492 e. The number of benzene rings is 1. The van der Waals surface area contributed by atoms with Crippen LogP contribution in [0.2, 0.25) is 0 Å². The predicted molar refractivity (Wildman–Crippen MR) is 59.1 cm³/mol. The van der Waals surface area contributed by atoms with Gasteiger partial charge in [0, 0.05) is 6.54 Å². The first-order chi connectivity index (χ1) is 7.74. The third-order valence-corrected chi connectivity index (χ3v) is 2.54. The van der Waals surface area contributed by atoms with E-state index in [2.05, 4.69) is 5.32 Å². The molecule has 1 saturated heterocycles. The predicted octanol–water partition coefficient (Wildman–Crippen LogP) is 1.58. The van der Waals surface area contributed by atoms with Crippen molar-refractivity contribution < 1.29 is 13.9 Å². The van der Waals surface area contributed by atoms with E-state index < -0.39 is 0 Å². The monoisotopic (exact) mass is 225 g/mol. The molecule has 4 heteroatoms. The van der Waals surface area contributed by atoms with E-state index in [0.717, 1.165) is 6.54 Å². The Kier molecular flexibility index (Phi) is 3.74. The van der Waals surface area contributed by atoms with Gasteiger partial charge in [0.1, 0.15) is 18.2 Å². The quantitative estimate of drug-likeness (QED) is 0.847. The van der Waals surface area contributed by atoms with Crippen molar-refractivity contribution in [2.45, 2.75) is 19.1 Å². The van der Waals surface area contributed by atoms with E-state index in [-0.39, 0.29) is 18.0 Å². The Hall–Kier alpha value is -1.13. The van der Waals surface area contributed by atoms with Gasteiger partial charge in [-0.3, -0.25) is 0 Å². The molecule has 0 aromatic heterocycles. The molecule has 1 aliphatic heterocycles. The summed E-state index contributed by atoms with van der Waals surface area (Å²) in [7, 11) is 0. The van der Waals surface area contributed by atoms with Crippen molar-refractivity contribution in [2.75, 3.05) is 19.8 Å². The number of rotatable bonds is 3. The molecule has 1 fully saturated rings. The molecule has 2 unspecified atom stereocenters. The molecular weight excluding hydrogens is 209 g/mol. The highest BCUT2D eigenvalue weighted by atomic mass is 19.1. The molecule has 0 bridgehead atoms. The van der Waals surface area contributed by atoms with E-state index in [0.29, 0.717) is 19.0 Å². The number of hydrogen-bond donors (Lipinski definition) is 1. The lowest BCUT2D eigenvalue weighted by Crippen LogP contribution is -2.48. The maximum absolute atomic E-state index is 12.6. The number of nitrogens with one attached hydrogen (secondary N) is 1. The van der Waals surface area contributed by atoms with Crippen LogP contribution in [-0.4, -0.2) is 31.9 Å². The van der Waals surface area contributed by atoms with Gasteiger partial charge < -0.3 is 14.8 Å². The molecule has 16 heavy (non-hydrogen) atoms. The Morgan fingerprint density at radius 1 is 1.44 bits per heavy atom. The second kappa shape index (κ2) is 5.27. The van der Waals surface area contributed by atoms with Crippen molar-refractivity contribution in [3.8, 4) is 5.75 Å². The van der Waals surface area contributed by atoms with Gasteiger partial charge in [0.25, 0.3) is 0 Å². The number of halogens is 1. The van der Waals surface area contributed by atoms with Crippen molar-refractivity contribution in [1.29, 1.82) is 0 Å². The van der Waals surface area contributed by atoms with Gasteiger partial charge in [-0.1, -0.05) is 0 Å². The maximum Gasteiger partial charge on any atom is 0.123 e. The normalized spacial score (nSPS) is 25.4. The van der Waals surface area contributed by atoms with Crippen LogP contribution in [0.25, 0.3) is 0 Å². The van der Waals surface area contributed by atoms with Crippen LogP contribution in [-0.2, 0) is 4.74 Å². The molecule has 1 aromatic carbocycles. The molecule has 3 nitrogen and oxygen atoms in total. The third kappa shape index (κ3) is 3.18. The van der Waals surface area contributed by atoms with Crippen LogP contribution in [0.5, 0.6) is 5.75 Å². The molecule has 88 valence electrons. The molecule has 0 aliphatic carbocycles. The van der Waals surface area contributed by atoms with E-state index in [1.54, 1.807) is 12.1 Å². The van der Waals surface area contributed by atoms with Crippen molar-refractivity contribution in [2.24, 2.45) is 0 Å². The second-order valence-corrected chi connectivity index (χ2v) is 4.01. The summed E-state index contributed by atoms with van der Waals surface area (Å²) in [4.78, 5) is 0. The minimum absolute atomic E-state index is 0.209. The summed E-state index contributed by atoms with van der Waals surface area (Å²) in [6.45, 7) is 4.07. The van der Waals surface area contributed by atoms with Crippen molar-refractivity contribution in [3.05, 3.63) is 30.1 Å². The largest absolute Gasteiger partial charge is 0.492 e. The summed E-state index contributed by atoms with van der Waals surface area (Å²) in [5, 5.41) is 3.33. The van der Waals surface area contributed by atoms with Crippen LogP contribution >= 0.6 is 0 Å². The van der Waals surface area contributed by atoms with Crippen molar-refractivity contribution in [1.82, 2.24) is 5.32 Å². The number of ether oxygens (including phenoxy) is 2. The smallest absolute Gasteiger partial charge is 0.123 e. The zero-order chi connectivity index (χ0) is 11.4. The maximum atomic E-state index is 12.6.